The predicted molar refractivity (Wildman–Crippen MR) is 54.1 cm³/mol. The van der Waals surface area contributed by atoms with Crippen LogP contribution >= 0.6 is 11.6 Å². The molecule has 0 atom stereocenters. The molecule has 0 saturated heterocycles. The summed E-state index contributed by atoms with van der Waals surface area (Å²) in [5.41, 5.74) is 0.863. The Morgan fingerprint density at radius 2 is 2.43 bits per heavy atom. The third-order valence-corrected chi connectivity index (χ3v) is 1.94. The van der Waals surface area contributed by atoms with E-state index in [9.17, 15) is 0 Å². The summed E-state index contributed by atoms with van der Waals surface area (Å²) in [4.78, 5) is 5.09. The zero-order valence-electron chi connectivity index (χ0n) is 7.66. The Morgan fingerprint density at radius 3 is 2.93 bits per heavy atom. The summed E-state index contributed by atoms with van der Waals surface area (Å²) in [6.07, 6.45) is 3.84. The number of rotatable bonds is 2. The fourth-order valence-corrected chi connectivity index (χ4v) is 0.995. The number of nitrogens with zero attached hydrogens (tertiary/aromatic N) is 3. The van der Waals surface area contributed by atoms with Gasteiger partial charge in [-0.15, -0.1) is 0 Å². The summed E-state index contributed by atoms with van der Waals surface area (Å²) >= 11 is 5.61. The molecule has 0 radical (unpaired) electrons. The van der Waals surface area contributed by atoms with Gasteiger partial charge in [-0.05, 0) is 11.6 Å². The zero-order valence-corrected chi connectivity index (χ0v) is 8.41. The van der Waals surface area contributed by atoms with Gasteiger partial charge in [-0.2, -0.15) is 5.26 Å². The van der Waals surface area contributed by atoms with E-state index in [0.29, 0.717) is 11.6 Å². The van der Waals surface area contributed by atoms with Gasteiger partial charge < -0.3 is 0 Å². The Bertz CT molecular complexity index is 365. The average molecular weight is 209 g/mol. The molecule has 1 N–H and O–H groups in total. The fraction of sp³-hybridized carbons (Fsp3) is 0.222. The molecule has 1 aromatic rings. The normalized spacial score (nSPS) is 9.21. The average Bonchev–Trinajstić information content (AvgIpc) is 2.20. The number of hydrogen-bond donors (Lipinski definition) is 1. The lowest BCUT2D eigenvalue weighted by atomic mass is 10.2. The van der Waals surface area contributed by atoms with Crippen molar-refractivity contribution in [2.24, 2.45) is 0 Å². The molecule has 72 valence electrons. The third kappa shape index (κ3) is 2.71. The Labute approximate surface area is 87.3 Å². The van der Waals surface area contributed by atoms with Crippen LogP contribution in [0.1, 0.15) is 5.56 Å². The zero-order chi connectivity index (χ0) is 10.6. The molecular weight excluding hydrogens is 200 g/mol. The highest BCUT2D eigenvalue weighted by Crippen LogP contribution is 2.06. The third-order valence-electron chi connectivity index (χ3n) is 1.72. The maximum absolute atomic E-state index is 8.53. The van der Waals surface area contributed by atoms with Crippen molar-refractivity contribution >= 4 is 17.4 Å². The van der Waals surface area contributed by atoms with Crippen molar-refractivity contribution in [3.8, 4) is 6.19 Å². The van der Waals surface area contributed by atoms with Crippen molar-refractivity contribution in [2.45, 2.75) is 6.42 Å². The molecule has 0 unspecified atom stereocenters. The lowest BCUT2D eigenvalue weighted by Crippen LogP contribution is -2.22. The number of amidine groups is 1. The van der Waals surface area contributed by atoms with E-state index in [4.69, 9.17) is 22.3 Å². The van der Waals surface area contributed by atoms with Gasteiger partial charge in [0.15, 0.2) is 6.19 Å². The second-order valence-corrected chi connectivity index (χ2v) is 3.16. The smallest absolute Gasteiger partial charge is 0.184 e. The van der Waals surface area contributed by atoms with Crippen LogP contribution in [0.4, 0.5) is 0 Å². The molecule has 0 aliphatic rings. The van der Waals surface area contributed by atoms with E-state index in [1.54, 1.807) is 25.4 Å². The van der Waals surface area contributed by atoms with Crippen LogP contribution in [0.2, 0.25) is 5.15 Å². The molecule has 0 amide bonds. The maximum Gasteiger partial charge on any atom is 0.184 e. The van der Waals surface area contributed by atoms with Crippen molar-refractivity contribution in [3.63, 3.8) is 0 Å². The Morgan fingerprint density at radius 1 is 1.71 bits per heavy atom. The summed E-state index contributed by atoms with van der Waals surface area (Å²) < 4.78 is 0. The molecule has 1 heterocycles. The van der Waals surface area contributed by atoms with E-state index in [1.807, 2.05) is 6.19 Å². The molecule has 0 saturated carbocycles. The van der Waals surface area contributed by atoms with Gasteiger partial charge in [-0.3, -0.25) is 10.3 Å². The van der Waals surface area contributed by atoms with Gasteiger partial charge >= 0.3 is 0 Å². The van der Waals surface area contributed by atoms with E-state index in [1.165, 1.54) is 4.90 Å². The van der Waals surface area contributed by atoms with E-state index in [0.717, 1.165) is 5.56 Å². The minimum atomic E-state index is 0.233. The molecule has 1 rings (SSSR count). The maximum atomic E-state index is 8.53. The van der Waals surface area contributed by atoms with Gasteiger partial charge in [-0.25, -0.2) is 4.98 Å². The number of aromatic nitrogens is 1. The summed E-state index contributed by atoms with van der Waals surface area (Å²) in [7, 11) is 1.55. The molecule has 4 nitrogen and oxygen atoms in total. The summed E-state index contributed by atoms with van der Waals surface area (Å²) in [5.74, 6) is 0.233. The monoisotopic (exact) mass is 208 g/mol. The lowest BCUT2D eigenvalue weighted by molar-refractivity contribution is 0.687. The first-order chi connectivity index (χ1) is 6.63. The highest BCUT2D eigenvalue weighted by atomic mass is 35.5. The van der Waals surface area contributed by atoms with Crippen LogP contribution in [0, 0.1) is 16.9 Å². The minimum absolute atomic E-state index is 0.233. The van der Waals surface area contributed by atoms with Crippen molar-refractivity contribution in [1.82, 2.24) is 9.88 Å². The number of halogens is 1. The van der Waals surface area contributed by atoms with E-state index >= 15 is 0 Å². The van der Waals surface area contributed by atoms with Crippen LogP contribution in [0.15, 0.2) is 18.3 Å². The second kappa shape index (κ2) is 4.58. The SMILES string of the molecule is CN(C#N)C(=N)Cc1ccc(Cl)nc1. The van der Waals surface area contributed by atoms with Crippen LogP contribution in [0.25, 0.3) is 0 Å². The molecule has 0 bridgehead atoms. The highest BCUT2D eigenvalue weighted by molar-refractivity contribution is 6.29. The van der Waals surface area contributed by atoms with Crippen LogP contribution < -0.4 is 0 Å². The fourth-order valence-electron chi connectivity index (χ4n) is 0.883. The second-order valence-electron chi connectivity index (χ2n) is 2.77. The van der Waals surface area contributed by atoms with Crippen molar-refractivity contribution in [2.75, 3.05) is 7.05 Å². The Kier molecular flexibility index (Phi) is 3.43. The Balaban J connectivity index is 2.66. The number of pyridine rings is 1. The largest absolute Gasteiger partial charge is 0.287 e. The van der Waals surface area contributed by atoms with E-state index in [2.05, 4.69) is 4.98 Å². The highest BCUT2D eigenvalue weighted by Gasteiger charge is 2.04. The van der Waals surface area contributed by atoms with Crippen LogP contribution in [0.3, 0.4) is 0 Å². The molecule has 5 heteroatoms. The van der Waals surface area contributed by atoms with Crippen LogP contribution in [-0.2, 0) is 6.42 Å². The topological polar surface area (TPSA) is 63.8 Å². The van der Waals surface area contributed by atoms with Crippen LogP contribution in [-0.4, -0.2) is 22.8 Å². The first-order valence-electron chi connectivity index (χ1n) is 3.95. The first-order valence-corrected chi connectivity index (χ1v) is 4.32. The Hall–Kier alpha value is -1.60. The molecule has 0 aliphatic carbocycles. The molecule has 0 aliphatic heterocycles. The first kappa shape index (κ1) is 10.5. The van der Waals surface area contributed by atoms with Gasteiger partial charge in [0, 0.05) is 19.7 Å². The number of nitrogens with one attached hydrogen (secondary N) is 1. The van der Waals surface area contributed by atoms with Gasteiger partial charge in [0.2, 0.25) is 0 Å². The molecule has 0 aromatic carbocycles. The predicted octanol–water partition coefficient (Wildman–Crippen LogP) is 1.67. The lowest BCUT2D eigenvalue weighted by Gasteiger charge is -2.09. The van der Waals surface area contributed by atoms with Crippen molar-refractivity contribution < 1.29 is 0 Å². The summed E-state index contributed by atoms with van der Waals surface area (Å²) in [5, 5.41) is 16.5. The minimum Gasteiger partial charge on any atom is -0.287 e. The quantitative estimate of drug-likeness (QED) is 0.264. The molecular formula is C9H9ClN4. The van der Waals surface area contributed by atoms with Crippen molar-refractivity contribution in [1.29, 1.82) is 10.7 Å². The number of hydrogen-bond acceptors (Lipinski definition) is 3. The van der Waals surface area contributed by atoms with Crippen LogP contribution in [0.5, 0.6) is 0 Å². The summed E-state index contributed by atoms with van der Waals surface area (Å²) in [6, 6.07) is 3.45. The number of likely N-dealkylation sites (N-methyl/N-ethyl adjacent to an activating group) is 1. The van der Waals surface area contributed by atoms with Gasteiger partial charge in [-0.1, -0.05) is 17.7 Å². The van der Waals surface area contributed by atoms with Crippen molar-refractivity contribution in [3.05, 3.63) is 29.0 Å². The summed E-state index contributed by atoms with van der Waals surface area (Å²) in [6.45, 7) is 0. The molecule has 14 heavy (non-hydrogen) atoms. The number of nitriles is 1. The van der Waals surface area contributed by atoms with Gasteiger partial charge in [0.05, 0.1) is 0 Å². The standard InChI is InChI=1S/C9H9ClN4/c1-14(6-11)9(12)4-7-2-3-8(10)13-5-7/h2-3,5,12H,4H2,1H3. The molecule has 0 spiro atoms. The molecule has 0 fully saturated rings. The van der Waals surface area contributed by atoms with Gasteiger partial charge in [0.25, 0.3) is 0 Å². The van der Waals surface area contributed by atoms with E-state index in [-0.39, 0.29) is 5.84 Å². The van der Waals surface area contributed by atoms with E-state index < -0.39 is 0 Å². The molecule has 1 aromatic heterocycles. The van der Waals surface area contributed by atoms with Gasteiger partial charge in [0.1, 0.15) is 11.0 Å².